The van der Waals surface area contributed by atoms with Crippen LogP contribution in [0.3, 0.4) is 0 Å². The smallest absolute Gasteiger partial charge is 0.351 e. The van der Waals surface area contributed by atoms with Gasteiger partial charge in [0, 0.05) is 19.4 Å². The molecule has 1 fully saturated rings. The van der Waals surface area contributed by atoms with Crippen molar-refractivity contribution in [3.63, 3.8) is 0 Å². The van der Waals surface area contributed by atoms with Gasteiger partial charge in [-0.05, 0) is 12.1 Å². The molecular weight excluding hydrogens is 463 g/mol. The van der Waals surface area contributed by atoms with E-state index < -0.39 is 72.6 Å². The first kappa shape index (κ1) is 24.9. The summed E-state index contributed by atoms with van der Waals surface area (Å²) in [6.07, 6.45) is -5.76. The fourth-order valence-corrected chi connectivity index (χ4v) is 3.34. The van der Waals surface area contributed by atoms with Crippen LogP contribution in [-0.2, 0) is 23.8 Å². The minimum Gasteiger partial charge on any atom is -0.463 e. The lowest BCUT2D eigenvalue weighted by Crippen LogP contribution is -2.50. The minimum atomic E-state index is -2.36. The van der Waals surface area contributed by atoms with Crippen molar-refractivity contribution in [2.24, 2.45) is 0 Å². The summed E-state index contributed by atoms with van der Waals surface area (Å²) in [5, 5.41) is 2.13. The minimum absolute atomic E-state index is 0.165. The van der Waals surface area contributed by atoms with Gasteiger partial charge in [0.1, 0.15) is 13.3 Å². The molecule has 4 atom stereocenters. The maximum atomic E-state index is 15.3. The molecule has 3 rings (SSSR count). The zero-order valence-corrected chi connectivity index (χ0v) is 18.0. The lowest BCUT2D eigenvalue weighted by Gasteiger charge is -2.30. The molecule has 0 spiro atoms. The maximum Gasteiger partial charge on any atom is 0.351 e. The summed E-state index contributed by atoms with van der Waals surface area (Å²) < 4.78 is 59.3. The first-order chi connectivity index (χ1) is 16.1. The summed E-state index contributed by atoms with van der Waals surface area (Å²) in [5.41, 5.74) is -3.38. The molecule has 1 aromatic heterocycles. The van der Waals surface area contributed by atoms with Gasteiger partial charge < -0.3 is 19.5 Å². The first-order valence-corrected chi connectivity index (χ1v) is 9.91. The van der Waals surface area contributed by atoms with Gasteiger partial charge in [-0.25, -0.2) is 18.0 Å². The summed E-state index contributed by atoms with van der Waals surface area (Å²) >= 11 is 0. The number of carbonyl (C=O) groups is 3. The zero-order valence-electron chi connectivity index (χ0n) is 18.0. The van der Waals surface area contributed by atoms with E-state index in [1.165, 1.54) is 12.1 Å². The van der Waals surface area contributed by atoms with Crippen LogP contribution in [0.5, 0.6) is 0 Å². The van der Waals surface area contributed by atoms with Crippen molar-refractivity contribution in [1.29, 1.82) is 0 Å². The quantitative estimate of drug-likeness (QED) is 0.590. The van der Waals surface area contributed by atoms with Crippen LogP contribution in [0.4, 0.5) is 19.0 Å². The van der Waals surface area contributed by atoms with Gasteiger partial charge in [0.05, 0.1) is 6.20 Å². The number of amides is 1. The first-order valence-electron chi connectivity index (χ1n) is 9.91. The maximum absolute atomic E-state index is 15.3. The van der Waals surface area contributed by atoms with Gasteiger partial charge >= 0.3 is 17.6 Å². The number of carbonyl (C=O) groups excluding carboxylic acids is 3. The lowest BCUT2D eigenvalue weighted by atomic mass is 9.98. The number of nitrogens with one attached hydrogen (secondary N) is 1. The molecule has 182 valence electrons. The van der Waals surface area contributed by atoms with Gasteiger partial charge in [0.2, 0.25) is 0 Å². The third-order valence-corrected chi connectivity index (χ3v) is 4.92. The van der Waals surface area contributed by atoms with Gasteiger partial charge in [-0.2, -0.15) is 4.98 Å². The predicted octanol–water partition coefficient (Wildman–Crippen LogP) is 1.70. The molecular formula is C21H20F3N3O7. The fourth-order valence-electron chi connectivity index (χ4n) is 3.34. The van der Waals surface area contributed by atoms with E-state index in [0.717, 1.165) is 13.8 Å². The molecule has 1 aliphatic rings. The van der Waals surface area contributed by atoms with E-state index in [-0.39, 0.29) is 5.56 Å². The van der Waals surface area contributed by atoms with Crippen LogP contribution in [0.1, 0.15) is 30.4 Å². The summed E-state index contributed by atoms with van der Waals surface area (Å²) in [5.74, 6) is -4.54. The molecule has 2 aromatic rings. The fraction of sp³-hybridized carbons (Fsp3) is 0.381. The average molecular weight is 483 g/mol. The van der Waals surface area contributed by atoms with Crippen LogP contribution in [0, 0.1) is 5.82 Å². The second-order valence-corrected chi connectivity index (χ2v) is 7.41. The van der Waals surface area contributed by atoms with Crippen molar-refractivity contribution in [3.05, 3.63) is 58.4 Å². The van der Waals surface area contributed by atoms with Crippen molar-refractivity contribution in [2.45, 2.75) is 38.0 Å². The predicted molar refractivity (Wildman–Crippen MR) is 109 cm³/mol. The Labute approximate surface area is 190 Å². The molecule has 0 unspecified atom stereocenters. The van der Waals surface area contributed by atoms with Crippen molar-refractivity contribution in [3.8, 4) is 0 Å². The summed E-state index contributed by atoms with van der Waals surface area (Å²) in [7, 11) is 0. The van der Waals surface area contributed by atoms with Gasteiger partial charge in [0.25, 0.3) is 5.91 Å². The number of alkyl halides is 2. The number of halogens is 3. The van der Waals surface area contributed by atoms with Crippen LogP contribution in [0.2, 0.25) is 0 Å². The van der Waals surface area contributed by atoms with Crippen molar-refractivity contribution < 1.29 is 41.8 Å². The average Bonchev–Trinajstić information content (AvgIpc) is 3.06. The standard InChI is InChI=1S/C21H20F3N3O7/c1-11(28)32-10-21(9-22)16(33-12(2)29)15(24)19(34-21)27-8-14(23)17(26-20(27)31)25-18(30)13-6-4-3-5-7-13/h3-8,15-16,19H,9-10H2,1-2H3,(H,25,26,30,31)/t15-,16+,19-,21-/m1/s1. The molecule has 13 heteroatoms. The number of nitrogens with zero attached hydrogens (tertiary/aromatic N) is 2. The molecule has 0 bridgehead atoms. The molecule has 34 heavy (non-hydrogen) atoms. The Hall–Kier alpha value is -3.74. The van der Waals surface area contributed by atoms with Crippen LogP contribution >= 0.6 is 0 Å². The zero-order chi connectivity index (χ0) is 25.0. The molecule has 1 saturated heterocycles. The monoisotopic (exact) mass is 483 g/mol. The normalized spacial score (nSPS) is 23.9. The van der Waals surface area contributed by atoms with Crippen molar-refractivity contribution in [1.82, 2.24) is 9.55 Å². The van der Waals surface area contributed by atoms with E-state index in [1.807, 2.05) is 0 Å². The van der Waals surface area contributed by atoms with E-state index in [0.29, 0.717) is 10.8 Å². The Kier molecular flexibility index (Phi) is 7.35. The number of hydrogen-bond donors (Lipinski definition) is 1. The lowest BCUT2D eigenvalue weighted by molar-refractivity contribution is -0.179. The van der Waals surface area contributed by atoms with E-state index >= 15 is 4.39 Å². The molecule has 10 nitrogen and oxygen atoms in total. The number of ether oxygens (including phenoxy) is 3. The highest BCUT2D eigenvalue weighted by atomic mass is 19.1. The number of benzene rings is 1. The third kappa shape index (κ3) is 5.09. The molecule has 0 aliphatic carbocycles. The Morgan fingerprint density at radius 1 is 1.21 bits per heavy atom. The van der Waals surface area contributed by atoms with Gasteiger partial charge in [-0.15, -0.1) is 0 Å². The summed E-state index contributed by atoms with van der Waals surface area (Å²) in [6.45, 7) is -0.362. The van der Waals surface area contributed by atoms with E-state index in [2.05, 4.69) is 10.3 Å². The highest BCUT2D eigenvalue weighted by Gasteiger charge is 2.60. The second-order valence-electron chi connectivity index (χ2n) is 7.41. The van der Waals surface area contributed by atoms with Crippen LogP contribution < -0.4 is 11.0 Å². The number of esters is 2. The Morgan fingerprint density at radius 3 is 2.47 bits per heavy atom. The largest absolute Gasteiger partial charge is 0.463 e. The third-order valence-electron chi connectivity index (χ3n) is 4.92. The molecule has 1 N–H and O–H groups in total. The van der Waals surface area contributed by atoms with Gasteiger partial charge in [-0.3, -0.25) is 19.0 Å². The number of aromatic nitrogens is 2. The summed E-state index contributed by atoms with van der Waals surface area (Å²) in [4.78, 5) is 50.8. The highest BCUT2D eigenvalue weighted by molar-refractivity contribution is 6.03. The van der Waals surface area contributed by atoms with E-state index in [9.17, 15) is 28.0 Å². The topological polar surface area (TPSA) is 126 Å². The molecule has 0 radical (unpaired) electrons. The SMILES string of the molecule is CC(=O)OC[C@@]1(CF)O[C@@H](n2cc(F)c(NC(=O)c3ccccc3)nc2=O)[C@H](F)[C@@H]1OC(C)=O. The molecule has 1 aromatic carbocycles. The van der Waals surface area contributed by atoms with Crippen LogP contribution in [-0.4, -0.2) is 58.6 Å². The number of anilines is 1. The van der Waals surface area contributed by atoms with E-state index in [1.54, 1.807) is 18.2 Å². The van der Waals surface area contributed by atoms with Crippen molar-refractivity contribution in [2.75, 3.05) is 18.6 Å². The van der Waals surface area contributed by atoms with Crippen molar-refractivity contribution >= 4 is 23.7 Å². The van der Waals surface area contributed by atoms with E-state index in [4.69, 9.17) is 14.2 Å². The molecule has 1 amide bonds. The number of rotatable bonds is 7. The Bertz CT molecular complexity index is 1140. The van der Waals surface area contributed by atoms with Crippen LogP contribution in [0.25, 0.3) is 0 Å². The second kappa shape index (κ2) is 10.0. The number of hydrogen-bond acceptors (Lipinski definition) is 8. The Morgan fingerprint density at radius 2 is 1.88 bits per heavy atom. The van der Waals surface area contributed by atoms with Crippen LogP contribution in [0.15, 0.2) is 41.3 Å². The van der Waals surface area contributed by atoms with Gasteiger partial charge in [-0.1, -0.05) is 18.2 Å². The molecule has 2 heterocycles. The highest BCUT2D eigenvalue weighted by Crippen LogP contribution is 2.41. The molecule has 0 saturated carbocycles. The van der Waals surface area contributed by atoms with Gasteiger partial charge in [0.15, 0.2) is 35.7 Å². The Balaban J connectivity index is 1.93. The molecule has 1 aliphatic heterocycles. The summed E-state index contributed by atoms with van der Waals surface area (Å²) in [6, 6.07) is 7.70.